The van der Waals surface area contributed by atoms with Gasteiger partial charge in [-0.05, 0) is 25.7 Å². The lowest BCUT2D eigenvalue weighted by Crippen LogP contribution is -2.49. The van der Waals surface area contributed by atoms with Crippen LogP contribution < -0.4 is 4.90 Å². The maximum Gasteiger partial charge on any atom is 0.326 e. The maximum atomic E-state index is 11.6. The summed E-state index contributed by atoms with van der Waals surface area (Å²) in [6.07, 6.45) is 3.24. The zero-order chi connectivity index (χ0) is 14.3. The first-order chi connectivity index (χ1) is 9.59. The van der Waals surface area contributed by atoms with E-state index in [1.807, 2.05) is 18.7 Å². The van der Waals surface area contributed by atoms with E-state index >= 15 is 0 Å². The minimum Gasteiger partial charge on any atom is -0.480 e. The van der Waals surface area contributed by atoms with Gasteiger partial charge in [0.15, 0.2) is 0 Å². The van der Waals surface area contributed by atoms with Gasteiger partial charge in [0, 0.05) is 6.54 Å². The molecule has 1 fully saturated rings. The van der Waals surface area contributed by atoms with Crippen LogP contribution in [0.3, 0.4) is 0 Å². The highest BCUT2D eigenvalue weighted by Crippen LogP contribution is 2.32. The quantitative estimate of drug-likeness (QED) is 0.890. The van der Waals surface area contributed by atoms with Crippen LogP contribution in [0.4, 0.5) is 5.82 Å². The smallest absolute Gasteiger partial charge is 0.326 e. The van der Waals surface area contributed by atoms with E-state index in [0.29, 0.717) is 29.2 Å². The zero-order valence-corrected chi connectivity index (χ0v) is 11.4. The molecule has 3 rings (SSSR count). The summed E-state index contributed by atoms with van der Waals surface area (Å²) < 4.78 is 5.13. The van der Waals surface area contributed by atoms with E-state index in [4.69, 9.17) is 4.52 Å². The van der Waals surface area contributed by atoms with E-state index in [1.54, 1.807) is 0 Å². The third-order valence-electron chi connectivity index (χ3n) is 3.88. The second-order valence-electron chi connectivity index (χ2n) is 5.24. The highest BCUT2D eigenvalue weighted by molar-refractivity contribution is 5.90. The van der Waals surface area contributed by atoms with Gasteiger partial charge < -0.3 is 14.5 Å². The fraction of sp³-hybridized carbons (Fsp3) is 0.538. The third kappa shape index (κ3) is 1.90. The van der Waals surface area contributed by atoms with Gasteiger partial charge in [0.2, 0.25) is 0 Å². The normalized spacial score (nSPS) is 23.2. The van der Waals surface area contributed by atoms with Crippen molar-refractivity contribution in [3.63, 3.8) is 0 Å². The maximum absolute atomic E-state index is 11.6. The number of carbonyl (C=O) groups is 1. The molecule has 20 heavy (non-hydrogen) atoms. The Morgan fingerprint density at radius 1 is 1.50 bits per heavy atom. The Balaban J connectivity index is 2.13. The van der Waals surface area contributed by atoms with Crippen molar-refractivity contribution in [2.45, 2.75) is 32.7 Å². The number of hydrogen-bond acceptors (Lipinski definition) is 6. The summed E-state index contributed by atoms with van der Waals surface area (Å²) in [6.45, 7) is 4.43. The molecule has 0 aromatic carbocycles. The number of anilines is 1. The molecule has 0 saturated carbocycles. The topological polar surface area (TPSA) is 92.4 Å². The zero-order valence-electron chi connectivity index (χ0n) is 11.4. The molecule has 0 radical (unpaired) electrons. The van der Waals surface area contributed by atoms with Crippen LogP contribution in [0.25, 0.3) is 11.1 Å². The Morgan fingerprint density at radius 3 is 3.05 bits per heavy atom. The van der Waals surface area contributed by atoms with Crippen molar-refractivity contribution in [2.75, 3.05) is 11.4 Å². The van der Waals surface area contributed by atoms with Gasteiger partial charge in [0.05, 0.1) is 5.69 Å². The largest absolute Gasteiger partial charge is 0.480 e. The average molecular weight is 276 g/mol. The molecular weight excluding hydrogens is 260 g/mol. The van der Waals surface area contributed by atoms with E-state index in [0.717, 1.165) is 12.8 Å². The second kappa shape index (κ2) is 4.73. The summed E-state index contributed by atoms with van der Waals surface area (Å²) in [4.78, 5) is 21.7. The Labute approximate surface area is 115 Å². The number of nitrogens with zero attached hydrogens (tertiary/aromatic N) is 4. The van der Waals surface area contributed by atoms with Crippen molar-refractivity contribution in [3.05, 3.63) is 12.0 Å². The lowest BCUT2D eigenvalue weighted by Gasteiger charge is -2.38. The molecular formula is C13H16N4O3. The summed E-state index contributed by atoms with van der Waals surface area (Å²) in [5.41, 5.74) is 1.08. The van der Waals surface area contributed by atoms with Crippen LogP contribution in [-0.4, -0.2) is 38.8 Å². The van der Waals surface area contributed by atoms with Crippen LogP contribution in [0.2, 0.25) is 0 Å². The third-order valence-corrected chi connectivity index (χ3v) is 3.88. The van der Waals surface area contributed by atoms with Crippen LogP contribution in [0.1, 0.15) is 25.5 Å². The van der Waals surface area contributed by atoms with Crippen LogP contribution in [-0.2, 0) is 4.79 Å². The number of carboxylic acids is 1. The van der Waals surface area contributed by atoms with E-state index in [-0.39, 0.29) is 5.92 Å². The van der Waals surface area contributed by atoms with Gasteiger partial charge in [-0.3, -0.25) is 0 Å². The lowest BCUT2D eigenvalue weighted by molar-refractivity contribution is -0.140. The van der Waals surface area contributed by atoms with Crippen molar-refractivity contribution in [1.29, 1.82) is 0 Å². The number of aliphatic carboxylic acids is 1. The molecule has 1 N–H and O–H groups in total. The monoisotopic (exact) mass is 276 g/mol. The molecule has 2 aromatic heterocycles. The Bertz CT molecular complexity index is 654. The van der Waals surface area contributed by atoms with Gasteiger partial charge in [0.25, 0.3) is 5.71 Å². The van der Waals surface area contributed by atoms with E-state index in [1.165, 1.54) is 6.33 Å². The molecule has 2 unspecified atom stereocenters. The van der Waals surface area contributed by atoms with E-state index in [9.17, 15) is 9.90 Å². The summed E-state index contributed by atoms with van der Waals surface area (Å²) in [5.74, 6) is -0.141. The van der Waals surface area contributed by atoms with Crippen LogP contribution in [0, 0.1) is 12.8 Å². The molecule has 106 valence electrons. The standard InChI is InChI=1S/C13H16N4O3/c1-7-4-3-5-17(10(7)13(18)19)11-9-8(2)16-20-12(9)15-6-14-11/h6-7,10H,3-5H2,1-2H3,(H,18,19). The van der Waals surface area contributed by atoms with Gasteiger partial charge in [-0.2, -0.15) is 4.98 Å². The first-order valence-corrected chi connectivity index (χ1v) is 6.66. The predicted molar refractivity (Wildman–Crippen MR) is 71.5 cm³/mol. The average Bonchev–Trinajstić information content (AvgIpc) is 2.80. The molecule has 3 heterocycles. The van der Waals surface area contributed by atoms with Crippen LogP contribution >= 0.6 is 0 Å². The van der Waals surface area contributed by atoms with Crippen LogP contribution in [0.15, 0.2) is 10.9 Å². The molecule has 1 aliphatic rings. The lowest BCUT2D eigenvalue weighted by atomic mass is 9.90. The summed E-state index contributed by atoms with van der Waals surface area (Å²) in [7, 11) is 0. The predicted octanol–water partition coefficient (Wildman–Crippen LogP) is 1.62. The number of piperidine rings is 1. The Kier molecular flexibility index (Phi) is 3.04. The fourth-order valence-electron chi connectivity index (χ4n) is 2.92. The van der Waals surface area contributed by atoms with Crippen LogP contribution in [0.5, 0.6) is 0 Å². The van der Waals surface area contributed by atoms with Crippen molar-refractivity contribution in [3.8, 4) is 0 Å². The number of fused-ring (bicyclic) bond motifs is 1. The van der Waals surface area contributed by atoms with Crippen molar-refractivity contribution >= 4 is 22.9 Å². The highest BCUT2D eigenvalue weighted by atomic mass is 16.5. The molecule has 7 nitrogen and oxygen atoms in total. The fourth-order valence-corrected chi connectivity index (χ4v) is 2.92. The number of hydrogen-bond donors (Lipinski definition) is 1. The summed E-state index contributed by atoms with van der Waals surface area (Å²) in [5, 5.41) is 14.1. The van der Waals surface area contributed by atoms with E-state index in [2.05, 4.69) is 15.1 Å². The molecule has 0 amide bonds. The number of carboxylic acid groups (broad SMARTS) is 1. The van der Waals surface area contributed by atoms with Gasteiger partial charge in [-0.1, -0.05) is 12.1 Å². The van der Waals surface area contributed by atoms with Gasteiger partial charge >= 0.3 is 5.97 Å². The first-order valence-electron chi connectivity index (χ1n) is 6.66. The molecule has 1 aliphatic heterocycles. The molecule has 1 saturated heterocycles. The Morgan fingerprint density at radius 2 is 2.30 bits per heavy atom. The first kappa shape index (κ1) is 12.8. The van der Waals surface area contributed by atoms with Crippen molar-refractivity contribution in [1.82, 2.24) is 15.1 Å². The highest BCUT2D eigenvalue weighted by Gasteiger charge is 2.36. The number of aryl methyl sites for hydroxylation is 1. The van der Waals surface area contributed by atoms with Gasteiger partial charge in [0.1, 0.15) is 23.6 Å². The summed E-state index contributed by atoms with van der Waals surface area (Å²) >= 11 is 0. The van der Waals surface area contributed by atoms with Gasteiger partial charge in [-0.15, -0.1) is 0 Å². The minimum atomic E-state index is -0.821. The van der Waals surface area contributed by atoms with Crippen molar-refractivity contribution in [2.24, 2.45) is 5.92 Å². The number of aromatic nitrogens is 3. The van der Waals surface area contributed by atoms with Gasteiger partial charge in [-0.25, -0.2) is 9.78 Å². The molecule has 0 aliphatic carbocycles. The number of rotatable bonds is 2. The van der Waals surface area contributed by atoms with E-state index < -0.39 is 12.0 Å². The molecule has 2 aromatic rings. The summed E-state index contributed by atoms with van der Waals surface area (Å²) in [6, 6.07) is -0.573. The minimum absolute atomic E-state index is 0.0754. The SMILES string of the molecule is Cc1noc2ncnc(N3CCCC(C)C3C(=O)O)c12. The second-order valence-corrected chi connectivity index (χ2v) is 5.24. The molecule has 0 spiro atoms. The Hall–Kier alpha value is -2.18. The van der Waals surface area contributed by atoms with Crippen molar-refractivity contribution < 1.29 is 14.4 Å². The molecule has 0 bridgehead atoms. The molecule has 7 heteroatoms. The molecule has 2 atom stereocenters.